The molecule has 2 aromatic rings. The minimum atomic E-state index is -1.17. The Morgan fingerprint density at radius 3 is 2.30 bits per heavy atom. The van der Waals surface area contributed by atoms with E-state index < -0.39 is 16.9 Å². The Hall–Kier alpha value is -3.13. The lowest BCUT2D eigenvalue weighted by molar-refractivity contribution is -0.384. The number of nitrogens with zero attached hydrogens (tertiary/aromatic N) is 1. The minimum Gasteiger partial charge on any atom is -0.478 e. The maximum absolute atomic E-state index is 11.3. The normalized spacial score (nSPS) is 9.57. The van der Waals surface area contributed by atoms with Gasteiger partial charge in [-0.3, -0.25) is 15.5 Å². The number of nitrogens with one attached hydrogen (secondary N) is 2. The molecule has 2 rings (SSSR count). The second-order valence-corrected chi connectivity index (χ2v) is 4.38. The summed E-state index contributed by atoms with van der Waals surface area (Å²) in [6, 6.07) is 10.2. The quantitative estimate of drug-likeness (QED) is 0.292. The van der Waals surface area contributed by atoms with Gasteiger partial charge in [-0.1, -0.05) is 12.1 Å². The number of benzene rings is 2. The summed E-state index contributed by atoms with van der Waals surface area (Å²) in [6.07, 6.45) is 0. The fourth-order valence-electron chi connectivity index (χ4n) is 2.00. The first-order chi connectivity index (χ1) is 10.4. The molecule has 9 heteroatoms. The Labute approximate surface area is 137 Å². The Balaban J connectivity index is 0.00000264. The molecule has 0 unspecified atom stereocenters. The largest absolute Gasteiger partial charge is 0.478 e. The van der Waals surface area contributed by atoms with Gasteiger partial charge in [-0.2, -0.15) is 0 Å². The van der Waals surface area contributed by atoms with Crippen LogP contribution in [0.1, 0.15) is 10.4 Å². The van der Waals surface area contributed by atoms with E-state index in [1.165, 1.54) is 30.3 Å². The van der Waals surface area contributed by atoms with Gasteiger partial charge in [-0.25, -0.2) is 4.79 Å². The average Bonchev–Trinajstić information content (AvgIpc) is 2.46. The van der Waals surface area contributed by atoms with Crippen LogP contribution in [0.15, 0.2) is 42.5 Å². The Morgan fingerprint density at radius 1 is 1.22 bits per heavy atom. The number of rotatable bonds is 4. The second-order valence-electron chi connectivity index (χ2n) is 4.38. The molecule has 2 aromatic carbocycles. The Bertz CT molecular complexity index is 762. The van der Waals surface area contributed by atoms with Gasteiger partial charge >= 0.3 is 5.97 Å². The van der Waals surface area contributed by atoms with Crippen LogP contribution in [0.25, 0.3) is 11.1 Å². The predicted octanol–water partition coefficient (Wildman–Crippen LogP) is 2.69. The van der Waals surface area contributed by atoms with Crippen molar-refractivity contribution in [3.63, 3.8) is 0 Å². The molecule has 0 fully saturated rings. The zero-order chi connectivity index (χ0) is 16.3. The third kappa shape index (κ3) is 3.95. The monoisotopic (exact) mass is 336 g/mol. The molecule has 23 heavy (non-hydrogen) atoms. The molecule has 0 amide bonds. The molecule has 0 saturated carbocycles. The van der Waals surface area contributed by atoms with Crippen molar-refractivity contribution < 1.29 is 14.8 Å². The first kappa shape index (κ1) is 17.9. The van der Waals surface area contributed by atoms with Crippen molar-refractivity contribution in [2.75, 3.05) is 5.32 Å². The smallest absolute Gasteiger partial charge is 0.337 e. The van der Waals surface area contributed by atoms with Gasteiger partial charge in [0, 0.05) is 17.7 Å². The zero-order valence-corrected chi connectivity index (χ0v) is 12.5. The van der Waals surface area contributed by atoms with Gasteiger partial charge in [0.15, 0.2) is 5.96 Å². The molecule has 0 atom stereocenters. The van der Waals surface area contributed by atoms with Crippen LogP contribution in [-0.4, -0.2) is 22.0 Å². The van der Waals surface area contributed by atoms with Gasteiger partial charge in [0.25, 0.3) is 5.69 Å². The first-order valence-corrected chi connectivity index (χ1v) is 6.12. The highest BCUT2D eigenvalue weighted by molar-refractivity contribution is 6.05. The third-order valence-electron chi connectivity index (χ3n) is 2.94. The second kappa shape index (κ2) is 7.23. The SMILES string of the molecule is Cl.N=C(N)Nc1c(C(=O)O)cccc1-c1ccc([N+](=O)[O-])cc1. The molecule has 0 aliphatic carbocycles. The number of nitrogens with two attached hydrogens (primary N) is 1. The summed E-state index contributed by atoms with van der Waals surface area (Å²) in [4.78, 5) is 21.4. The number of anilines is 1. The lowest BCUT2D eigenvalue weighted by Gasteiger charge is -2.13. The average molecular weight is 337 g/mol. The molecule has 0 aromatic heterocycles. The predicted molar refractivity (Wildman–Crippen MR) is 88.3 cm³/mol. The molecular formula is C14H13ClN4O4. The number of para-hydroxylation sites is 1. The maximum Gasteiger partial charge on any atom is 0.337 e. The van der Waals surface area contributed by atoms with Crippen LogP contribution < -0.4 is 11.1 Å². The van der Waals surface area contributed by atoms with E-state index in [1.54, 1.807) is 12.1 Å². The summed E-state index contributed by atoms with van der Waals surface area (Å²) >= 11 is 0. The molecule has 120 valence electrons. The van der Waals surface area contributed by atoms with Crippen molar-refractivity contribution in [1.29, 1.82) is 5.41 Å². The van der Waals surface area contributed by atoms with Crippen molar-refractivity contribution in [3.05, 3.63) is 58.1 Å². The van der Waals surface area contributed by atoms with Crippen LogP contribution in [0.2, 0.25) is 0 Å². The lowest BCUT2D eigenvalue weighted by atomic mass is 9.99. The van der Waals surface area contributed by atoms with Gasteiger partial charge in [-0.05, 0) is 23.8 Å². The fourth-order valence-corrected chi connectivity index (χ4v) is 2.00. The van der Waals surface area contributed by atoms with E-state index in [1.807, 2.05) is 0 Å². The van der Waals surface area contributed by atoms with Crippen LogP contribution >= 0.6 is 12.4 Å². The van der Waals surface area contributed by atoms with Crippen molar-refractivity contribution in [2.45, 2.75) is 0 Å². The van der Waals surface area contributed by atoms with Gasteiger partial charge in [0.2, 0.25) is 0 Å². The van der Waals surface area contributed by atoms with Crippen molar-refractivity contribution in [3.8, 4) is 11.1 Å². The summed E-state index contributed by atoms with van der Waals surface area (Å²) < 4.78 is 0. The molecule has 8 nitrogen and oxygen atoms in total. The number of carbonyl (C=O) groups is 1. The molecule has 0 heterocycles. The lowest BCUT2D eigenvalue weighted by Crippen LogP contribution is -2.22. The summed E-state index contributed by atoms with van der Waals surface area (Å²) in [5.74, 6) is -1.58. The van der Waals surface area contributed by atoms with Crippen LogP contribution in [0.3, 0.4) is 0 Å². The third-order valence-corrected chi connectivity index (χ3v) is 2.94. The highest BCUT2D eigenvalue weighted by Crippen LogP contribution is 2.32. The Kier molecular flexibility index (Phi) is 5.63. The summed E-state index contributed by atoms with van der Waals surface area (Å²) in [5, 5.41) is 29.7. The number of nitro groups is 1. The van der Waals surface area contributed by atoms with Gasteiger partial charge in [-0.15, -0.1) is 12.4 Å². The van der Waals surface area contributed by atoms with E-state index >= 15 is 0 Å². The van der Waals surface area contributed by atoms with E-state index in [2.05, 4.69) is 5.32 Å². The van der Waals surface area contributed by atoms with Gasteiger partial charge < -0.3 is 16.2 Å². The standard InChI is InChI=1S/C14H12N4O4.ClH/c15-14(16)17-12-10(2-1-3-11(12)13(19)20)8-4-6-9(7-5-8)18(21)22;/h1-7H,(H,19,20)(H4,15,16,17);1H. The summed E-state index contributed by atoms with van der Waals surface area (Å²) in [7, 11) is 0. The van der Waals surface area contributed by atoms with E-state index in [9.17, 15) is 20.0 Å². The number of carboxylic acid groups (broad SMARTS) is 1. The van der Waals surface area contributed by atoms with Crippen molar-refractivity contribution in [1.82, 2.24) is 0 Å². The number of carboxylic acids is 1. The van der Waals surface area contributed by atoms with E-state index in [4.69, 9.17) is 11.1 Å². The topological polar surface area (TPSA) is 142 Å². The number of hydrogen-bond donors (Lipinski definition) is 4. The number of guanidine groups is 1. The van der Waals surface area contributed by atoms with Crippen LogP contribution in [0, 0.1) is 15.5 Å². The number of aromatic carboxylic acids is 1. The number of nitro benzene ring substituents is 1. The zero-order valence-electron chi connectivity index (χ0n) is 11.6. The molecule has 0 saturated heterocycles. The molecular weight excluding hydrogens is 324 g/mol. The molecule has 0 aliphatic rings. The van der Waals surface area contributed by atoms with Crippen LogP contribution in [-0.2, 0) is 0 Å². The minimum absolute atomic E-state index is 0. The highest BCUT2D eigenvalue weighted by atomic mass is 35.5. The molecule has 0 spiro atoms. The number of hydrogen-bond acceptors (Lipinski definition) is 4. The highest BCUT2D eigenvalue weighted by Gasteiger charge is 2.16. The number of non-ortho nitro benzene ring substituents is 1. The summed E-state index contributed by atoms with van der Waals surface area (Å²) in [6.45, 7) is 0. The number of halogens is 1. The van der Waals surface area contributed by atoms with Crippen molar-refractivity contribution in [2.24, 2.45) is 5.73 Å². The van der Waals surface area contributed by atoms with E-state index in [-0.39, 0.29) is 29.3 Å². The molecule has 0 radical (unpaired) electrons. The molecule has 0 aliphatic heterocycles. The molecule has 0 bridgehead atoms. The van der Waals surface area contributed by atoms with Gasteiger partial charge in [0.1, 0.15) is 0 Å². The maximum atomic E-state index is 11.3. The molecule has 5 N–H and O–H groups in total. The summed E-state index contributed by atoms with van der Waals surface area (Å²) in [5.41, 5.74) is 6.38. The van der Waals surface area contributed by atoms with Crippen molar-refractivity contribution >= 4 is 35.7 Å². The fraction of sp³-hybridized carbons (Fsp3) is 0. The Morgan fingerprint density at radius 2 is 1.83 bits per heavy atom. The van der Waals surface area contributed by atoms with E-state index in [0.29, 0.717) is 11.1 Å². The van der Waals surface area contributed by atoms with Crippen LogP contribution in [0.4, 0.5) is 11.4 Å². The van der Waals surface area contributed by atoms with E-state index in [0.717, 1.165) is 0 Å². The van der Waals surface area contributed by atoms with Gasteiger partial charge in [0.05, 0.1) is 16.2 Å². The van der Waals surface area contributed by atoms with Crippen LogP contribution in [0.5, 0.6) is 0 Å². The first-order valence-electron chi connectivity index (χ1n) is 6.12.